The highest BCUT2D eigenvalue weighted by Crippen LogP contribution is 2.01. The Hall–Kier alpha value is -3.14. The molecule has 2 aromatic carbocycles. The molecule has 0 bridgehead atoms. The molecule has 0 atom stereocenters. The van der Waals surface area contributed by atoms with Crippen molar-refractivity contribution in [2.75, 3.05) is 13.1 Å². The van der Waals surface area contributed by atoms with E-state index in [1.165, 1.54) is 0 Å². The summed E-state index contributed by atoms with van der Waals surface area (Å²) in [5.41, 5.74) is 4.04. The normalized spacial score (nSPS) is 10.2. The van der Waals surface area contributed by atoms with E-state index < -0.39 is 0 Å². The van der Waals surface area contributed by atoms with Crippen LogP contribution in [0.4, 0.5) is 0 Å². The van der Waals surface area contributed by atoms with E-state index in [1.54, 1.807) is 12.4 Å². The van der Waals surface area contributed by atoms with Gasteiger partial charge in [0.15, 0.2) is 0 Å². The third-order valence-corrected chi connectivity index (χ3v) is 3.20. The first kappa shape index (κ1) is 19.9. The molecular formula is C21H18ClN3. The van der Waals surface area contributed by atoms with Crippen LogP contribution in [0.2, 0.25) is 0 Å². The average Bonchev–Trinajstić information content (AvgIpc) is 2.63. The highest BCUT2D eigenvalue weighted by Gasteiger charge is 1.94. The highest BCUT2D eigenvalue weighted by atomic mass is 35.5. The van der Waals surface area contributed by atoms with Gasteiger partial charge >= 0.3 is 0 Å². The molecule has 25 heavy (non-hydrogen) atoms. The van der Waals surface area contributed by atoms with Gasteiger partial charge in [-0.1, -0.05) is 36.1 Å². The zero-order chi connectivity index (χ0) is 17.2. The molecule has 0 heterocycles. The van der Waals surface area contributed by atoms with Gasteiger partial charge in [-0.3, -0.25) is 9.98 Å². The minimum absolute atomic E-state index is 0. The van der Waals surface area contributed by atoms with Gasteiger partial charge in [0, 0.05) is 23.6 Å². The summed E-state index contributed by atoms with van der Waals surface area (Å²) in [5.74, 6) is 5.13. The number of benzene rings is 2. The van der Waals surface area contributed by atoms with Crippen molar-refractivity contribution in [3.8, 4) is 24.7 Å². The molecule has 2 aromatic rings. The Kier molecular flexibility index (Phi) is 8.44. The molecule has 0 amide bonds. The van der Waals surface area contributed by atoms with E-state index in [9.17, 15) is 0 Å². The molecule has 3 nitrogen and oxygen atoms in total. The molecular weight excluding hydrogens is 330 g/mol. The van der Waals surface area contributed by atoms with Crippen LogP contribution in [0.5, 0.6) is 0 Å². The Morgan fingerprint density at radius 2 is 1.16 bits per heavy atom. The summed E-state index contributed by atoms with van der Waals surface area (Å²) >= 11 is 0. The van der Waals surface area contributed by atoms with Crippen molar-refractivity contribution in [1.82, 2.24) is 0 Å². The number of rotatable bonds is 6. The monoisotopic (exact) mass is 347 g/mol. The number of terminal acetylenes is 2. The maximum Gasteiger partial charge on any atom is 0.0784 e. The van der Waals surface area contributed by atoms with Crippen LogP contribution in [0.15, 0.2) is 58.5 Å². The van der Waals surface area contributed by atoms with E-state index in [0.29, 0.717) is 18.8 Å². The molecule has 0 unspecified atom stereocenters. The second-order valence-corrected chi connectivity index (χ2v) is 5.08. The average molecular weight is 348 g/mol. The van der Waals surface area contributed by atoms with Crippen molar-refractivity contribution in [3.63, 3.8) is 0 Å². The van der Waals surface area contributed by atoms with Crippen LogP contribution in [0.25, 0.3) is 0 Å². The largest absolute Gasteiger partial charge is 0.306 e. The lowest BCUT2D eigenvalue weighted by Crippen LogP contribution is -2.06. The van der Waals surface area contributed by atoms with Crippen molar-refractivity contribution in [1.29, 1.82) is 5.41 Å². The Balaban J connectivity index is 0.00000312. The van der Waals surface area contributed by atoms with Gasteiger partial charge in [0.1, 0.15) is 0 Å². The van der Waals surface area contributed by atoms with Gasteiger partial charge < -0.3 is 5.41 Å². The molecule has 0 saturated heterocycles. The minimum Gasteiger partial charge on any atom is -0.306 e. The number of halogens is 1. The zero-order valence-corrected chi connectivity index (χ0v) is 14.5. The van der Waals surface area contributed by atoms with Crippen molar-refractivity contribution in [3.05, 3.63) is 70.8 Å². The lowest BCUT2D eigenvalue weighted by atomic mass is 10.1. The van der Waals surface area contributed by atoms with Crippen LogP contribution in [-0.2, 0) is 0 Å². The van der Waals surface area contributed by atoms with Crippen molar-refractivity contribution in [2.45, 2.75) is 0 Å². The lowest BCUT2D eigenvalue weighted by molar-refractivity contribution is 1.17. The van der Waals surface area contributed by atoms with Crippen LogP contribution in [0, 0.1) is 30.1 Å². The fourth-order valence-electron chi connectivity index (χ4n) is 1.90. The molecule has 0 saturated carbocycles. The van der Waals surface area contributed by atoms with Gasteiger partial charge in [0.25, 0.3) is 0 Å². The van der Waals surface area contributed by atoms with E-state index in [-0.39, 0.29) is 12.4 Å². The standard InChI is InChI=1S/C21H17N3.ClH/c1-3-17-5-9-19(10-6-17)13-23-15-21(22)16-24-14-20-11-7-18(4-2)8-12-20;/h1-2,5-14,22H,15-16H2;1H. The van der Waals surface area contributed by atoms with Gasteiger partial charge in [-0.2, -0.15) is 0 Å². The SMILES string of the molecule is C#Cc1ccc(C=NCC(=N)CN=Cc2ccc(C#C)cc2)cc1.Cl. The van der Waals surface area contributed by atoms with Crippen molar-refractivity contribution < 1.29 is 0 Å². The van der Waals surface area contributed by atoms with E-state index in [4.69, 9.17) is 18.3 Å². The third-order valence-electron chi connectivity index (χ3n) is 3.20. The Labute approximate surface area is 154 Å². The molecule has 0 aliphatic rings. The lowest BCUT2D eigenvalue weighted by Gasteiger charge is -1.97. The summed E-state index contributed by atoms with van der Waals surface area (Å²) in [4.78, 5) is 8.50. The van der Waals surface area contributed by atoms with Crippen LogP contribution < -0.4 is 0 Å². The first-order valence-corrected chi connectivity index (χ1v) is 7.40. The Morgan fingerprint density at radius 1 is 0.800 bits per heavy atom. The Bertz CT molecular complexity index is 761. The van der Waals surface area contributed by atoms with Crippen LogP contribution in [0.1, 0.15) is 22.3 Å². The van der Waals surface area contributed by atoms with Gasteiger partial charge in [-0.05, 0) is 35.4 Å². The maximum absolute atomic E-state index is 7.87. The molecule has 0 aromatic heterocycles. The second-order valence-electron chi connectivity index (χ2n) is 5.08. The van der Waals surface area contributed by atoms with Gasteiger partial charge in [0.05, 0.1) is 18.8 Å². The number of hydrogen-bond acceptors (Lipinski definition) is 3. The maximum atomic E-state index is 7.87. The first-order valence-electron chi connectivity index (χ1n) is 7.40. The number of nitrogens with one attached hydrogen (secondary N) is 1. The minimum atomic E-state index is 0. The summed E-state index contributed by atoms with van der Waals surface area (Å²) in [5, 5.41) is 7.87. The van der Waals surface area contributed by atoms with Crippen molar-refractivity contribution >= 4 is 30.5 Å². The van der Waals surface area contributed by atoms with Crippen LogP contribution >= 0.6 is 12.4 Å². The summed E-state index contributed by atoms with van der Waals surface area (Å²) in [7, 11) is 0. The molecule has 0 fully saturated rings. The molecule has 0 aliphatic carbocycles. The summed E-state index contributed by atoms with van der Waals surface area (Å²) in [6.07, 6.45) is 14.1. The number of hydrogen-bond donors (Lipinski definition) is 1. The zero-order valence-electron chi connectivity index (χ0n) is 13.6. The first-order chi connectivity index (χ1) is 11.7. The van der Waals surface area contributed by atoms with E-state index in [2.05, 4.69) is 21.8 Å². The van der Waals surface area contributed by atoms with Gasteiger partial charge in [-0.25, -0.2) is 0 Å². The topological polar surface area (TPSA) is 48.6 Å². The van der Waals surface area contributed by atoms with E-state index >= 15 is 0 Å². The number of aliphatic imine (C=N–C) groups is 2. The van der Waals surface area contributed by atoms with E-state index in [0.717, 1.165) is 22.3 Å². The summed E-state index contributed by atoms with van der Waals surface area (Å²) in [6, 6.07) is 15.1. The summed E-state index contributed by atoms with van der Waals surface area (Å²) < 4.78 is 0. The number of nitrogens with zero attached hydrogens (tertiary/aromatic N) is 2. The van der Waals surface area contributed by atoms with Crippen LogP contribution in [0.3, 0.4) is 0 Å². The van der Waals surface area contributed by atoms with Gasteiger partial charge in [-0.15, -0.1) is 25.3 Å². The smallest absolute Gasteiger partial charge is 0.0784 e. The molecule has 2 rings (SSSR count). The quantitative estimate of drug-likeness (QED) is 0.613. The van der Waals surface area contributed by atoms with Crippen LogP contribution in [-0.4, -0.2) is 31.2 Å². The fourth-order valence-corrected chi connectivity index (χ4v) is 1.90. The molecule has 1 N–H and O–H groups in total. The second kappa shape index (κ2) is 10.6. The molecule has 124 valence electrons. The molecule has 0 radical (unpaired) electrons. The highest BCUT2D eigenvalue weighted by molar-refractivity contribution is 5.90. The third kappa shape index (κ3) is 6.87. The summed E-state index contributed by atoms with van der Waals surface area (Å²) in [6.45, 7) is 0.647. The molecule has 0 aliphatic heterocycles. The fraction of sp³-hybridized carbons (Fsp3) is 0.0952. The Morgan fingerprint density at radius 3 is 1.48 bits per heavy atom. The van der Waals surface area contributed by atoms with E-state index in [1.807, 2.05) is 48.5 Å². The van der Waals surface area contributed by atoms with Gasteiger partial charge in [0.2, 0.25) is 0 Å². The molecule has 0 spiro atoms. The predicted octanol–water partition coefficient (Wildman–Crippen LogP) is 3.63. The molecule has 4 heteroatoms. The van der Waals surface area contributed by atoms with Crippen molar-refractivity contribution in [2.24, 2.45) is 9.98 Å². The predicted molar refractivity (Wildman–Crippen MR) is 109 cm³/mol.